The topological polar surface area (TPSA) is 161 Å². The van der Waals surface area contributed by atoms with Crippen molar-refractivity contribution in [3.8, 4) is 0 Å². The number of nitrogens with one attached hydrogen (secondary N) is 2. The maximum Gasteiger partial charge on any atom is 0.419 e. The highest BCUT2D eigenvalue weighted by Crippen LogP contribution is 2.19. The highest BCUT2D eigenvalue weighted by molar-refractivity contribution is 7.88. The van der Waals surface area contributed by atoms with Crippen LogP contribution in [-0.4, -0.2) is 69.6 Å². The van der Waals surface area contributed by atoms with Gasteiger partial charge in [0.15, 0.2) is 17.0 Å². The molecule has 0 unspecified atom stereocenters. The second kappa shape index (κ2) is 10.2. The molecular weight excluding hydrogens is 533 g/mol. The van der Waals surface area contributed by atoms with Crippen molar-refractivity contribution in [3.63, 3.8) is 0 Å². The Morgan fingerprint density at radius 2 is 1.90 bits per heavy atom. The number of benzene rings is 1. The Morgan fingerprint density at radius 1 is 1.15 bits per heavy atom. The number of aromatic nitrogens is 4. The fourth-order valence-electron chi connectivity index (χ4n) is 4.54. The van der Waals surface area contributed by atoms with Gasteiger partial charge in [-0.15, -0.1) is 0 Å². The standard InChI is InChI=1S/C24H26FN7O6S/c1-30-18-9-15(3-4-20(18)38-24(30)35)12-26-22(33)17-10-19(32-21(29-17)16(25)13-28-32)23(34)27-11-14-5-7-31(8-6-14)39(2,36)37/h3-4,9-10,13-14H,5-8,11-12H2,1-2H3,(H,26,33)(H,27,34). The minimum Gasteiger partial charge on any atom is -0.408 e. The van der Waals surface area contributed by atoms with Crippen LogP contribution in [0.3, 0.4) is 0 Å². The van der Waals surface area contributed by atoms with Crippen molar-refractivity contribution >= 4 is 38.6 Å². The molecule has 5 rings (SSSR count). The monoisotopic (exact) mass is 559 g/mol. The molecule has 15 heteroatoms. The van der Waals surface area contributed by atoms with Gasteiger partial charge in [0.25, 0.3) is 11.8 Å². The summed E-state index contributed by atoms with van der Waals surface area (Å²) in [5, 5.41) is 9.36. The first-order valence-corrected chi connectivity index (χ1v) is 14.0. The average Bonchev–Trinajstić information content (AvgIpc) is 3.43. The minimum atomic E-state index is -3.26. The molecule has 1 aliphatic rings. The molecule has 1 fully saturated rings. The van der Waals surface area contributed by atoms with Gasteiger partial charge < -0.3 is 15.1 Å². The van der Waals surface area contributed by atoms with Gasteiger partial charge >= 0.3 is 5.76 Å². The molecule has 3 aromatic heterocycles. The number of hydrogen-bond acceptors (Lipinski definition) is 8. The van der Waals surface area contributed by atoms with E-state index in [0.29, 0.717) is 42.6 Å². The van der Waals surface area contributed by atoms with Gasteiger partial charge in [-0.2, -0.15) is 5.10 Å². The van der Waals surface area contributed by atoms with Crippen LogP contribution in [-0.2, 0) is 23.6 Å². The Balaban J connectivity index is 1.29. The van der Waals surface area contributed by atoms with Crippen LogP contribution in [0.15, 0.2) is 39.7 Å². The minimum absolute atomic E-state index is 0.0634. The average molecular weight is 560 g/mol. The summed E-state index contributed by atoms with van der Waals surface area (Å²) in [6.07, 6.45) is 3.25. The molecule has 0 radical (unpaired) electrons. The molecule has 1 saturated heterocycles. The highest BCUT2D eigenvalue weighted by atomic mass is 32.2. The number of halogens is 1. The van der Waals surface area contributed by atoms with Gasteiger partial charge in [-0.1, -0.05) is 6.07 Å². The summed E-state index contributed by atoms with van der Waals surface area (Å²) < 4.78 is 46.7. The molecule has 0 saturated carbocycles. The molecule has 0 spiro atoms. The number of fused-ring (bicyclic) bond motifs is 2. The van der Waals surface area contributed by atoms with Crippen LogP contribution in [0.2, 0.25) is 0 Å². The first-order chi connectivity index (χ1) is 18.5. The van der Waals surface area contributed by atoms with Crippen LogP contribution in [0.25, 0.3) is 16.7 Å². The van der Waals surface area contributed by atoms with Gasteiger partial charge in [-0.3, -0.25) is 14.2 Å². The molecule has 0 aliphatic carbocycles. The Kier molecular flexibility index (Phi) is 6.94. The third-order valence-electron chi connectivity index (χ3n) is 6.80. The lowest BCUT2D eigenvalue weighted by molar-refractivity contribution is 0.0933. The summed E-state index contributed by atoms with van der Waals surface area (Å²) in [5.74, 6) is -2.44. The number of oxazole rings is 1. The van der Waals surface area contributed by atoms with Crippen molar-refractivity contribution < 1.29 is 26.8 Å². The van der Waals surface area contributed by atoms with Gasteiger partial charge in [-0.25, -0.2) is 31.4 Å². The van der Waals surface area contributed by atoms with Gasteiger partial charge in [0.1, 0.15) is 11.4 Å². The fraction of sp³-hybridized carbons (Fsp3) is 0.375. The number of amides is 2. The Hall–Kier alpha value is -4.11. The summed E-state index contributed by atoms with van der Waals surface area (Å²) in [5.41, 5.74) is 1.14. The fourth-order valence-corrected chi connectivity index (χ4v) is 5.42. The summed E-state index contributed by atoms with van der Waals surface area (Å²) in [7, 11) is -1.69. The number of rotatable bonds is 7. The van der Waals surface area contributed by atoms with Gasteiger partial charge in [0.2, 0.25) is 10.0 Å². The first kappa shape index (κ1) is 26.5. The van der Waals surface area contributed by atoms with E-state index in [1.165, 1.54) is 21.2 Å². The Bertz CT molecular complexity index is 1750. The van der Waals surface area contributed by atoms with Crippen molar-refractivity contribution in [2.24, 2.45) is 13.0 Å². The molecule has 206 valence electrons. The van der Waals surface area contributed by atoms with Gasteiger partial charge in [0.05, 0.1) is 18.0 Å². The second-order valence-electron chi connectivity index (χ2n) is 9.48. The quantitative estimate of drug-likeness (QED) is 0.334. The number of piperidine rings is 1. The molecule has 1 aliphatic heterocycles. The molecule has 4 heterocycles. The SMILES string of the molecule is Cn1c(=O)oc2ccc(CNC(=O)c3cc(C(=O)NCC4CCN(S(C)(=O)=O)CC4)n4ncc(F)c4n3)cc21. The van der Waals surface area contributed by atoms with E-state index >= 15 is 0 Å². The number of carbonyl (C=O) groups excluding carboxylic acids is 2. The van der Waals surface area contributed by atoms with Crippen LogP contribution in [0.4, 0.5) is 4.39 Å². The molecule has 0 atom stereocenters. The van der Waals surface area contributed by atoms with Crippen molar-refractivity contribution in [3.05, 3.63) is 63.8 Å². The number of aryl methyl sites for hydroxylation is 1. The van der Waals surface area contributed by atoms with Crippen LogP contribution >= 0.6 is 0 Å². The van der Waals surface area contributed by atoms with Gasteiger partial charge in [-0.05, 0) is 36.5 Å². The van der Waals surface area contributed by atoms with E-state index < -0.39 is 33.4 Å². The van der Waals surface area contributed by atoms with E-state index in [1.807, 2.05) is 0 Å². The predicted octanol–water partition coefficient (Wildman–Crippen LogP) is 0.645. The molecule has 2 amide bonds. The lowest BCUT2D eigenvalue weighted by Gasteiger charge is -2.30. The van der Waals surface area contributed by atoms with Crippen molar-refractivity contribution in [2.75, 3.05) is 25.9 Å². The number of hydrogen-bond donors (Lipinski definition) is 2. The molecule has 13 nitrogen and oxygen atoms in total. The second-order valence-corrected chi connectivity index (χ2v) is 11.5. The lowest BCUT2D eigenvalue weighted by atomic mass is 9.98. The van der Waals surface area contributed by atoms with E-state index in [0.717, 1.165) is 10.7 Å². The first-order valence-electron chi connectivity index (χ1n) is 12.2. The molecular formula is C24H26FN7O6S. The summed E-state index contributed by atoms with van der Waals surface area (Å²) in [6.45, 7) is 1.11. The van der Waals surface area contributed by atoms with Crippen LogP contribution in [0.1, 0.15) is 39.4 Å². The number of sulfonamides is 1. The zero-order valence-electron chi connectivity index (χ0n) is 21.2. The maximum atomic E-state index is 14.4. The number of nitrogens with zero attached hydrogens (tertiary/aromatic N) is 5. The largest absolute Gasteiger partial charge is 0.419 e. The Morgan fingerprint density at radius 3 is 2.62 bits per heavy atom. The predicted molar refractivity (Wildman–Crippen MR) is 137 cm³/mol. The van der Waals surface area contributed by atoms with E-state index in [1.54, 1.807) is 25.2 Å². The molecule has 39 heavy (non-hydrogen) atoms. The zero-order valence-corrected chi connectivity index (χ0v) is 22.0. The van der Waals surface area contributed by atoms with E-state index in [-0.39, 0.29) is 36.0 Å². The number of carbonyl (C=O) groups is 2. The summed E-state index contributed by atoms with van der Waals surface area (Å²) in [4.78, 5) is 41.7. The smallest absolute Gasteiger partial charge is 0.408 e. The Labute approximate surface area is 221 Å². The third kappa shape index (κ3) is 5.40. The van der Waals surface area contributed by atoms with Crippen LogP contribution < -0.4 is 16.4 Å². The molecule has 1 aromatic carbocycles. The highest BCUT2D eigenvalue weighted by Gasteiger charge is 2.26. The van der Waals surface area contributed by atoms with Gasteiger partial charge in [0, 0.05) is 39.3 Å². The van der Waals surface area contributed by atoms with E-state index in [4.69, 9.17) is 4.42 Å². The lowest BCUT2D eigenvalue weighted by Crippen LogP contribution is -2.41. The molecule has 4 aromatic rings. The molecule has 2 N–H and O–H groups in total. The third-order valence-corrected chi connectivity index (χ3v) is 8.10. The van der Waals surface area contributed by atoms with Crippen molar-refractivity contribution in [1.82, 2.24) is 34.1 Å². The summed E-state index contributed by atoms with van der Waals surface area (Å²) in [6, 6.07) is 6.25. The van der Waals surface area contributed by atoms with E-state index in [2.05, 4.69) is 20.7 Å². The van der Waals surface area contributed by atoms with Crippen LogP contribution in [0.5, 0.6) is 0 Å². The summed E-state index contributed by atoms with van der Waals surface area (Å²) >= 11 is 0. The van der Waals surface area contributed by atoms with Crippen LogP contribution in [0, 0.1) is 11.7 Å². The van der Waals surface area contributed by atoms with E-state index in [9.17, 15) is 27.2 Å². The zero-order chi connectivity index (χ0) is 27.9. The normalized spacial score (nSPS) is 15.2. The van der Waals surface area contributed by atoms with Crippen molar-refractivity contribution in [2.45, 2.75) is 19.4 Å². The maximum absolute atomic E-state index is 14.4. The molecule has 0 bridgehead atoms. The van der Waals surface area contributed by atoms with Crippen molar-refractivity contribution in [1.29, 1.82) is 0 Å².